The highest BCUT2D eigenvalue weighted by Crippen LogP contribution is 2.13. The summed E-state index contributed by atoms with van der Waals surface area (Å²) in [6.45, 7) is 3.32. The Morgan fingerprint density at radius 2 is 2.25 bits per heavy atom. The van der Waals surface area contributed by atoms with Crippen LogP contribution in [0.3, 0.4) is 0 Å². The highest BCUT2D eigenvalue weighted by atomic mass is 32.2. The van der Waals surface area contributed by atoms with E-state index in [1.807, 2.05) is 0 Å². The number of carbonyl (C=O) groups excluding carboxylic acids is 1. The minimum Gasteiger partial charge on any atom is -0.462 e. The smallest absolute Gasteiger partial charge is 0.342 e. The lowest BCUT2D eigenvalue weighted by Crippen LogP contribution is -2.37. The number of hydrogen-bond donors (Lipinski definition) is 2. The number of rotatable bonds is 7. The Morgan fingerprint density at radius 3 is 2.80 bits per heavy atom. The Balaban J connectivity index is 2.96. The van der Waals surface area contributed by atoms with E-state index in [0.29, 0.717) is 0 Å². The van der Waals surface area contributed by atoms with Crippen molar-refractivity contribution >= 4 is 26.8 Å². The summed E-state index contributed by atoms with van der Waals surface area (Å²) in [6.07, 6.45) is 2.57. The molecule has 0 saturated carbocycles. The van der Waals surface area contributed by atoms with Gasteiger partial charge in [0.15, 0.2) is 5.03 Å². The Bertz CT molecular complexity index is 596. The average molecular weight is 323 g/mol. The van der Waals surface area contributed by atoms with Crippen LogP contribution in [-0.4, -0.2) is 53.5 Å². The van der Waals surface area contributed by atoms with Crippen molar-refractivity contribution in [2.45, 2.75) is 24.9 Å². The lowest BCUT2D eigenvalue weighted by molar-refractivity contribution is 0.0522. The van der Waals surface area contributed by atoms with E-state index in [4.69, 9.17) is 4.74 Å². The van der Waals surface area contributed by atoms with Crippen molar-refractivity contribution in [3.8, 4) is 0 Å². The van der Waals surface area contributed by atoms with Crippen LogP contribution in [0.4, 0.5) is 0 Å². The van der Waals surface area contributed by atoms with Crippen LogP contribution >= 0.6 is 0 Å². The lowest BCUT2D eigenvalue weighted by Gasteiger charge is -2.12. The van der Waals surface area contributed by atoms with Gasteiger partial charge in [-0.2, -0.15) is 5.10 Å². The normalized spacial score (nSPS) is 14.8. The third-order valence-electron chi connectivity index (χ3n) is 2.21. The van der Waals surface area contributed by atoms with Crippen LogP contribution in [0, 0.1) is 0 Å². The average Bonchev–Trinajstić information content (AvgIpc) is 2.76. The number of ether oxygens (including phenoxy) is 1. The molecule has 0 saturated heterocycles. The first-order chi connectivity index (χ1) is 9.27. The number of sulfonamides is 1. The summed E-state index contributed by atoms with van der Waals surface area (Å²) >= 11 is 0. The molecule has 0 amide bonds. The van der Waals surface area contributed by atoms with E-state index >= 15 is 0 Å². The minimum absolute atomic E-state index is 0.127. The van der Waals surface area contributed by atoms with Crippen LogP contribution in [0.2, 0.25) is 0 Å². The second kappa shape index (κ2) is 6.95. The van der Waals surface area contributed by atoms with Crippen molar-refractivity contribution < 1.29 is 22.2 Å². The summed E-state index contributed by atoms with van der Waals surface area (Å²) < 4.78 is 42.4. The molecule has 0 bridgehead atoms. The molecule has 10 heteroatoms. The van der Waals surface area contributed by atoms with Gasteiger partial charge in [0.25, 0.3) is 10.0 Å². The molecule has 2 N–H and O–H groups in total. The summed E-state index contributed by atoms with van der Waals surface area (Å²) in [5.74, 6) is -0.601. The first kappa shape index (κ1) is 16.8. The summed E-state index contributed by atoms with van der Waals surface area (Å²) in [6, 6.07) is -0.538. The molecule has 2 unspecified atom stereocenters. The van der Waals surface area contributed by atoms with Gasteiger partial charge in [-0.25, -0.2) is 17.9 Å². The maximum absolute atomic E-state index is 12.1. The number of esters is 1. The van der Waals surface area contributed by atoms with Gasteiger partial charge in [0.05, 0.1) is 12.8 Å². The molecule has 0 fully saturated rings. The molecule has 1 aromatic heterocycles. The zero-order valence-corrected chi connectivity index (χ0v) is 13.0. The maximum atomic E-state index is 12.1. The topological polar surface area (TPSA) is 118 Å². The van der Waals surface area contributed by atoms with Crippen LogP contribution in [-0.2, 0) is 25.6 Å². The molecule has 0 radical (unpaired) electrons. The van der Waals surface area contributed by atoms with Gasteiger partial charge in [-0.05, 0) is 13.8 Å². The fraction of sp³-hybridized carbons (Fsp3) is 0.600. The predicted molar refractivity (Wildman–Crippen MR) is 73.3 cm³/mol. The van der Waals surface area contributed by atoms with Gasteiger partial charge in [-0.3, -0.25) is 9.31 Å². The summed E-state index contributed by atoms with van der Waals surface area (Å²) in [4.78, 5) is 11.6. The van der Waals surface area contributed by atoms with Crippen LogP contribution < -0.4 is 4.72 Å². The second-order valence-corrected chi connectivity index (χ2v) is 7.23. The number of carbonyl (C=O) groups is 1. The molecular weight excluding hydrogens is 306 g/mol. The standard InChI is InChI=1S/C10H17N3O5S2/c1-4-18-10(14)8-5-11-12-9(8)20(16,17)13-7(2)6-19(3)15/h5,7,13H,4,6H2,1-3H3,(H,11,12). The van der Waals surface area contributed by atoms with Crippen molar-refractivity contribution in [1.29, 1.82) is 0 Å². The molecule has 0 aliphatic carbocycles. The van der Waals surface area contributed by atoms with Crippen molar-refractivity contribution in [2.24, 2.45) is 0 Å². The van der Waals surface area contributed by atoms with Gasteiger partial charge in [0.1, 0.15) is 5.56 Å². The molecule has 1 aromatic rings. The van der Waals surface area contributed by atoms with Crippen LogP contribution in [0.1, 0.15) is 24.2 Å². The van der Waals surface area contributed by atoms with E-state index in [2.05, 4.69) is 14.9 Å². The lowest BCUT2D eigenvalue weighted by atomic mass is 10.4. The van der Waals surface area contributed by atoms with E-state index in [1.165, 1.54) is 6.26 Å². The van der Waals surface area contributed by atoms with Gasteiger partial charge in [-0.15, -0.1) is 0 Å². The van der Waals surface area contributed by atoms with Crippen LogP contribution in [0.5, 0.6) is 0 Å². The summed E-state index contributed by atoms with van der Waals surface area (Å²) in [5.41, 5.74) is -0.163. The molecule has 0 aliphatic rings. The van der Waals surface area contributed by atoms with Crippen LogP contribution in [0.15, 0.2) is 11.2 Å². The third kappa shape index (κ3) is 4.39. The van der Waals surface area contributed by atoms with E-state index in [0.717, 1.165) is 6.20 Å². The van der Waals surface area contributed by atoms with Gasteiger partial charge in [0.2, 0.25) is 0 Å². The zero-order valence-electron chi connectivity index (χ0n) is 11.4. The Morgan fingerprint density at radius 1 is 1.60 bits per heavy atom. The van der Waals surface area contributed by atoms with Crippen molar-refractivity contribution in [3.05, 3.63) is 11.8 Å². The maximum Gasteiger partial charge on any atom is 0.342 e. The van der Waals surface area contributed by atoms with Gasteiger partial charge < -0.3 is 4.74 Å². The van der Waals surface area contributed by atoms with Crippen molar-refractivity contribution in [2.75, 3.05) is 18.6 Å². The summed E-state index contributed by atoms with van der Waals surface area (Å²) in [5, 5.41) is 5.47. The van der Waals surface area contributed by atoms with Crippen molar-refractivity contribution in [3.63, 3.8) is 0 Å². The molecular formula is C10H17N3O5S2. The number of nitrogens with zero attached hydrogens (tertiary/aromatic N) is 1. The number of nitrogens with one attached hydrogen (secondary N) is 2. The number of aromatic amines is 1. The number of hydrogen-bond acceptors (Lipinski definition) is 6. The fourth-order valence-electron chi connectivity index (χ4n) is 1.54. The Hall–Kier alpha value is -1.26. The minimum atomic E-state index is -3.96. The highest BCUT2D eigenvalue weighted by Gasteiger charge is 2.27. The quantitative estimate of drug-likeness (QED) is 0.661. The zero-order chi connectivity index (χ0) is 15.3. The molecule has 0 aliphatic heterocycles. The highest BCUT2D eigenvalue weighted by molar-refractivity contribution is 7.89. The molecule has 114 valence electrons. The molecule has 0 aromatic carbocycles. The molecule has 2 atom stereocenters. The van der Waals surface area contributed by atoms with Gasteiger partial charge in [-0.1, -0.05) is 0 Å². The first-order valence-electron chi connectivity index (χ1n) is 5.80. The predicted octanol–water partition coefficient (Wildman–Crippen LogP) is -0.368. The fourth-order valence-corrected chi connectivity index (χ4v) is 3.77. The first-order valence-corrected chi connectivity index (χ1v) is 9.01. The van der Waals surface area contributed by atoms with E-state index in [9.17, 15) is 17.4 Å². The molecule has 1 heterocycles. The largest absolute Gasteiger partial charge is 0.462 e. The van der Waals surface area contributed by atoms with E-state index in [1.54, 1.807) is 13.8 Å². The van der Waals surface area contributed by atoms with E-state index in [-0.39, 0.29) is 22.9 Å². The molecule has 20 heavy (non-hydrogen) atoms. The molecule has 8 nitrogen and oxygen atoms in total. The SMILES string of the molecule is CCOC(=O)c1cn[nH]c1S(=O)(=O)NC(C)CS(C)=O. The third-order valence-corrected chi connectivity index (χ3v) is 4.74. The van der Waals surface area contributed by atoms with Crippen molar-refractivity contribution in [1.82, 2.24) is 14.9 Å². The molecule has 0 spiro atoms. The Kier molecular flexibility index (Phi) is 5.84. The number of aromatic nitrogens is 2. The van der Waals surface area contributed by atoms with E-state index < -0.39 is 32.8 Å². The monoisotopic (exact) mass is 323 g/mol. The summed E-state index contributed by atoms with van der Waals surface area (Å²) in [7, 11) is -5.10. The molecule has 1 rings (SSSR count). The van der Waals surface area contributed by atoms with Gasteiger partial charge >= 0.3 is 5.97 Å². The Labute approximate surface area is 119 Å². The van der Waals surface area contributed by atoms with Crippen LogP contribution in [0.25, 0.3) is 0 Å². The number of H-pyrrole nitrogens is 1. The van der Waals surface area contributed by atoms with Gasteiger partial charge in [0, 0.05) is 28.9 Å². The second-order valence-electron chi connectivity index (χ2n) is 4.10.